The zero-order valence-corrected chi connectivity index (χ0v) is 19.4. The lowest BCUT2D eigenvalue weighted by Crippen LogP contribution is -2.43. The van der Waals surface area contributed by atoms with E-state index in [1.54, 1.807) is 55.5 Å². The van der Waals surface area contributed by atoms with Crippen LogP contribution in [0.5, 0.6) is 0 Å². The van der Waals surface area contributed by atoms with E-state index in [0.29, 0.717) is 16.8 Å². The highest BCUT2D eigenvalue weighted by Gasteiger charge is 2.49. The SMILES string of the molecule is Cc1ccc(C2(C)NC(=O)N(CC(=O)NCc3cccc(NC(=O)c4ccncc4)c3)C2=O)cc1. The van der Waals surface area contributed by atoms with Crippen molar-refractivity contribution < 1.29 is 19.2 Å². The van der Waals surface area contributed by atoms with Gasteiger partial charge in [0.1, 0.15) is 12.1 Å². The molecule has 3 aromatic rings. The molecule has 1 unspecified atom stereocenters. The standard InChI is InChI=1S/C26H25N5O4/c1-17-6-8-20(9-7-17)26(2)24(34)31(25(35)30-26)16-22(32)28-15-18-4-3-5-21(14-18)29-23(33)19-10-12-27-13-11-19/h3-14H,15-16H2,1-2H3,(H,28,32)(H,29,33)(H,30,35). The van der Waals surface area contributed by atoms with Crippen LogP contribution in [0.15, 0.2) is 73.1 Å². The van der Waals surface area contributed by atoms with Crippen molar-refractivity contribution >= 4 is 29.4 Å². The second-order valence-corrected chi connectivity index (χ2v) is 8.48. The molecule has 1 fully saturated rings. The summed E-state index contributed by atoms with van der Waals surface area (Å²) in [4.78, 5) is 55.2. The number of imide groups is 1. The van der Waals surface area contributed by atoms with Crippen LogP contribution in [0.1, 0.15) is 34.0 Å². The van der Waals surface area contributed by atoms with Gasteiger partial charge in [0, 0.05) is 30.2 Å². The molecule has 0 saturated carbocycles. The van der Waals surface area contributed by atoms with Crippen LogP contribution in [0.3, 0.4) is 0 Å². The Balaban J connectivity index is 1.35. The Morgan fingerprint density at radius 2 is 1.74 bits per heavy atom. The van der Waals surface area contributed by atoms with E-state index in [1.807, 2.05) is 19.1 Å². The van der Waals surface area contributed by atoms with Crippen molar-refractivity contribution in [3.05, 3.63) is 95.3 Å². The van der Waals surface area contributed by atoms with Gasteiger partial charge in [-0.05, 0) is 49.2 Å². The van der Waals surface area contributed by atoms with Crippen molar-refractivity contribution in [3.8, 4) is 0 Å². The summed E-state index contributed by atoms with van der Waals surface area (Å²) in [6, 6.07) is 16.9. The number of hydrogen-bond donors (Lipinski definition) is 3. The summed E-state index contributed by atoms with van der Waals surface area (Å²) < 4.78 is 0. The lowest BCUT2D eigenvalue weighted by Gasteiger charge is -2.22. The van der Waals surface area contributed by atoms with Gasteiger partial charge in [0.15, 0.2) is 0 Å². The number of rotatable bonds is 7. The number of urea groups is 1. The molecule has 0 radical (unpaired) electrons. The van der Waals surface area contributed by atoms with Crippen LogP contribution in [0.4, 0.5) is 10.5 Å². The topological polar surface area (TPSA) is 120 Å². The third-order valence-electron chi connectivity index (χ3n) is 5.82. The molecule has 1 aromatic heterocycles. The smallest absolute Gasteiger partial charge is 0.325 e. The number of hydrogen-bond acceptors (Lipinski definition) is 5. The zero-order valence-electron chi connectivity index (χ0n) is 19.4. The number of nitrogens with one attached hydrogen (secondary N) is 3. The van der Waals surface area contributed by atoms with Crippen LogP contribution in [-0.4, -0.2) is 40.2 Å². The Hall–Kier alpha value is -4.53. The molecule has 1 aliphatic heterocycles. The molecule has 1 saturated heterocycles. The fourth-order valence-corrected chi connectivity index (χ4v) is 3.79. The molecule has 178 valence electrons. The number of pyridine rings is 1. The number of nitrogens with zero attached hydrogens (tertiary/aromatic N) is 2. The van der Waals surface area contributed by atoms with Crippen LogP contribution in [0.25, 0.3) is 0 Å². The summed E-state index contributed by atoms with van der Waals surface area (Å²) in [6.07, 6.45) is 3.07. The first-order valence-corrected chi connectivity index (χ1v) is 11.0. The number of benzene rings is 2. The maximum atomic E-state index is 13.0. The third-order valence-corrected chi connectivity index (χ3v) is 5.82. The predicted octanol–water partition coefficient (Wildman–Crippen LogP) is 2.73. The average molecular weight is 472 g/mol. The molecule has 9 nitrogen and oxygen atoms in total. The quantitative estimate of drug-likeness (QED) is 0.458. The van der Waals surface area contributed by atoms with E-state index in [-0.39, 0.29) is 12.5 Å². The van der Waals surface area contributed by atoms with Crippen molar-refractivity contribution in [2.75, 3.05) is 11.9 Å². The minimum Gasteiger partial charge on any atom is -0.350 e. The molecule has 5 amide bonds. The number of anilines is 1. The van der Waals surface area contributed by atoms with Gasteiger partial charge in [0.05, 0.1) is 0 Å². The highest BCUT2D eigenvalue weighted by Crippen LogP contribution is 2.28. The summed E-state index contributed by atoms with van der Waals surface area (Å²) in [5.74, 6) is -1.24. The molecule has 0 spiro atoms. The Morgan fingerprint density at radius 1 is 1.03 bits per heavy atom. The summed E-state index contributed by atoms with van der Waals surface area (Å²) >= 11 is 0. The van der Waals surface area contributed by atoms with E-state index in [9.17, 15) is 19.2 Å². The highest BCUT2D eigenvalue weighted by atomic mass is 16.2. The first kappa shape index (κ1) is 23.6. The highest BCUT2D eigenvalue weighted by molar-refractivity contribution is 6.09. The summed E-state index contributed by atoms with van der Waals surface area (Å²) in [5, 5.41) is 8.22. The van der Waals surface area contributed by atoms with Gasteiger partial charge in [-0.3, -0.25) is 24.3 Å². The monoisotopic (exact) mass is 471 g/mol. The van der Waals surface area contributed by atoms with Crippen LogP contribution in [0.2, 0.25) is 0 Å². The molecule has 2 aromatic carbocycles. The van der Waals surface area contributed by atoms with Crippen LogP contribution >= 0.6 is 0 Å². The van der Waals surface area contributed by atoms with E-state index in [1.165, 1.54) is 12.4 Å². The Bertz CT molecular complexity index is 1280. The number of carbonyl (C=O) groups is 4. The number of aromatic nitrogens is 1. The third kappa shape index (κ3) is 5.19. The normalized spacial score (nSPS) is 17.1. The minimum atomic E-state index is -1.23. The average Bonchev–Trinajstić information content (AvgIpc) is 3.07. The molecule has 0 bridgehead atoms. The largest absolute Gasteiger partial charge is 0.350 e. The molecule has 1 aliphatic rings. The lowest BCUT2D eigenvalue weighted by atomic mass is 9.91. The van der Waals surface area contributed by atoms with Gasteiger partial charge in [0.2, 0.25) is 5.91 Å². The Morgan fingerprint density at radius 3 is 2.46 bits per heavy atom. The molecule has 1 atom stereocenters. The Kier molecular flexibility index (Phi) is 6.59. The molecule has 9 heteroatoms. The van der Waals surface area contributed by atoms with Crippen molar-refractivity contribution in [2.24, 2.45) is 0 Å². The van der Waals surface area contributed by atoms with E-state index < -0.39 is 29.9 Å². The predicted molar refractivity (Wildman–Crippen MR) is 129 cm³/mol. The maximum absolute atomic E-state index is 13.0. The fraction of sp³-hybridized carbons (Fsp3) is 0.192. The van der Waals surface area contributed by atoms with E-state index >= 15 is 0 Å². The lowest BCUT2D eigenvalue weighted by molar-refractivity contribution is -0.134. The summed E-state index contributed by atoms with van der Waals surface area (Å²) in [7, 11) is 0. The fourth-order valence-electron chi connectivity index (χ4n) is 3.79. The van der Waals surface area contributed by atoms with Gasteiger partial charge >= 0.3 is 6.03 Å². The number of aryl methyl sites for hydroxylation is 1. The minimum absolute atomic E-state index is 0.163. The van der Waals surface area contributed by atoms with Crippen molar-refractivity contribution in [1.82, 2.24) is 20.5 Å². The van der Waals surface area contributed by atoms with Gasteiger partial charge in [-0.15, -0.1) is 0 Å². The van der Waals surface area contributed by atoms with Crippen LogP contribution in [0, 0.1) is 6.92 Å². The van der Waals surface area contributed by atoms with Gasteiger partial charge < -0.3 is 16.0 Å². The first-order chi connectivity index (χ1) is 16.8. The molecular weight excluding hydrogens is 446 g/mol. The zero-order chi connectivity index (χ0) is 25.0. The van der Waals surface area contributed by atoms with Crippen molar-refractivity contribution in [1.29, 1.82) is 0 Å². The van der Waals surface area contributed by atoms with Gasteiger partial charge in [0.25, 0.3) is 11.8 Å². The number of amides is 5. The van der Waals surface area contributed by atoms with Gasteiger partial charge in [-0.2, -0.15) is 0 Å². The van der Waals surface area contributed by atoms with E-state index in [0.717, 1.165) is 16.0 Å². The summed E-state index contributed by atoms with van der Waals surface area (Å²) in [6.45, 7) is 3.32. The van der Waals surface area contributed by atoms with Gasteiger partial charge in [-0.25, -0.2) is 4.79 Å². The Labute approximate surface area is 202 Å². The molecule has 2 heterocycles. The molecule has 4 rings (SSSR count). The van der Waals surface area contributed by atoms with Crippen molar-refractivity contribution in [2.45, 2.75) is 25.9 Å². The van der Waals surface area contributed by atoms with Gasteiger partial charge in [-0.1, -0.05) is 42.0 Å². The van der Waals surface area contributed by atoms with Crippen LogP contribution in [-0.2, 0) is 21.7 Å². The number of carbonyl (C=O) groups excluding carboxylic acids is 4. The second-order valence-electron chi connectivity index (χ2n) is 8.48. The van der Waals surface area contributed by atoms with Crippen molar-refractivity contribution in [3.63, 3.8) is 0 Å². The van der Waals surface area contributed by atoms with Crippen LogP contribution < -0.4 is 16.0 Å². The molecular formula is C26H25N5O4. The second kappa shape index (κ2) is 9.76. The molecule has 3 N–H and O–H groups in total. The summed E-state index contributed by atoms with van der Waals surface area (Å²) in [5.41, 5.74) is 2.24. The first-order valence-electron chi connectivity index (χ1n) is 11.0. The molecule has 35 heavy (non-hydrogen) atoms. The van der Waals surface area contributed by atoms with E-state index in [2.05, 4.69) is 20.9 Å². The maximum Gasteiger partial charge on any atom is 0.325 e. The van der Waals surface area contributed by atoms with E-state index in [4.69, 9.17) is 0 Å². The molecule has 0 aliphatic carbocycles.